The lowest BCUT2D eigenvalue weighted by molar-refractivity contribution is 0.207. The Morgan fingerprint density at radius 2 is 2.12 bits per heavy atom. The highest BCUT2D eigenvalue weighted by molar-refractivity contribution is 5.74. The van der Waals surface area contributed by atoms with E-state index in [1.54, 1.807) is 0 Å². The first-order valence-electron chi connectivity index (χ1n) is 8.62. The lowest BCUT2D eigenvalue weighted by Gasteiger charge is -2.17. The fraction of sp³-hybridized carbons (Fsp3) is 0.474. The lowest BCUT2D eigenvalue weighted by atomic mass is 9.99. The molecule has 2 amide bonds. The van der Waals surface area contributed by atoms with Crippen LogP contribution in [0.2, 0.25) is 0 Å². The van der Waals surface area contributed by atoms with Crippen molar-refractivity contribution in [1.82, 2.24) is 15.4 Å². The van der Waals surface area contributed by atoms with Crippen LogP contribution in [0, 0.1) is 19.8 Å². The van der Waals surface area contributed by atoms with E-state index < -0.39 is 0 Å². The maximum absolute atomic E-state index is 12.3. The van der Waals surface area contributed by atoms with Crippen molar-refractivity contribution >= 4 is 6.03 Å². The van der Waals surface area contributed by atoms with Gasteiger partial charge in [-0.15, -0.1) is 0 Å². The summed E-state index contributed by atoms with van der Waals surface area (Å²) in [5.41, 5.74) is 3.35. The van der Waals surface area contributed by atoms with Crippen molar-refractivity contribution in [3.05, 3.63) is 52.9 Å². The third-order valence-corrected chi connectivity index (χ3v) is 4.77. The number of rotatable bonds is 5. The molecule has 1 unspecified atom stereocenters. The molecule has 24 heavy (non-hydrogen) atoms. The average molecular weight is 327 g/mol. The van der Waals surface area contributed by atoms with Gasteiger partial charge in [-0.1, -0.05) is 35.5 Å². The first-order valence-corrected chi connectivity index (χ1v) is 8.62. The normalized spacial score (nSPS) is 17.2. The summed E-state index contributed by atoms with van der Waals surface area (Å²) in [7, 11) is 0. The van der Waals surface area contributed by atoms with Crippen molar-refractivity contribution in [2.45, 2.75) is 33.1 Å². The molecule has 1 atom stereocenters. The van der Waals surface area contributed by atoms with Crippen molar-refractivity contribution in [1.29, 1.82) is 0 Å². The number of carbonyl (C=O) groups excluding carboxylic acids is 1. The molecule has 128 valence electrons. The molecule has 0 saturated carbocycles. The summed E-state index contributed by atoms with van der Waals surface area (Å²) in [5.74, 6) is 1.39. The SMILES string of the molecule is Cc1noc(C)c1CCNC(=O)N1CCC(Cc2ccccc2)C1. The monoisotopic (exact) mass is 327 g/mol. The summed E-state index contributed by atoms with van der Waals surface area (Å²) < 4.78 is 5.15. The molecule has 1 aromatic carbocycles. The van der Waals surface area contributed by atoms with E-state index in [2.05, 4.69) is 34.7 Å². The van der Waals surface area contributed by atoms with Crippen LogP contribution in [0.15, 0.2) is 34.9 Å². The van der Waals surface area contributed by atoms with E-state index in [0.717, 1.165) is 49.4 Å². The Morgan fingerprint density at radius 3 is 2.83 bits per heavy atom. The second kappa shape index (κ2) is 7.51. The van der Waals surface area contributed by atoms with Crippen LogP contribution in [0.4, 0.5) is 4.79 Å². The van der Waals surface area contributed by atoms with Gasteiger partial charge in [0.1, 0.15) is 5.76 Å². The third-order valence-electron chi connectivity index (χ3n) is 4.77. The number of hydrogen-bond donors (Lipinski definition) is 1. The van der Waals surface area contributed by atoms with E-state index in [9.17, 15) is 4.79 Å². The van der Waals surface area contributed by atoms with Crippen LogP contribution in [0.1, 0.15) is 29.0 Å². The molecular weight excluding hydrogens is 302 g/mol. The van der Waals surface area contributed by atoms with E-state index in [1.165, 1.54) is 5.56 Å². The topological polar surface area (TPSA) is 58.4 Å². The highest BCUT2D eigenvalue weighted by atomic mass is 16.5. The molecule has 1 aliphatic heterocycles. The van der Waals surface area contributed by atoms with E-state index in [1.807, 2.05) is 24.8 Å². The van der Waals surface area contributed by atoms with Gasteiger partial charge in [0.2, 0.25) is 0 Å². The molecular formula is C19H25N3O2. The molecule has 1 fully saturated rings. The van der Waals surface area contributed by atoms with E-state index in [0.29, 0.717) is 12.5 Å². The van der Waals surface area contributed by atoms with Gasteiger partial charge < -0.3 is 14.7 Å². The Balaban J connectivity index is 1.43. The maximum atomic E-state index is 12.3. The van der Waals surface area contributed by atoms with Crippen molar-refractivity contribution in [3.63, 3.8) is 0 Å². The number of likely N-dealkylation sites (tertiary alicyclic amines) is 1. The van der Waals surface area contributed by atoms with Crippen molar-refractivity contribution in [2.75, 3.05) is 19.6 Å². The van der Waals surface area contributed by atoms with Gasteiger partial charge in [0, 0.05) is 25.2 Å². The van der Waals surface area contributed by atoms with Gasteiger partial charge in [-0.2, -0.15) is 0 Å². The van der Waals surface area contributed by atoms with E-state index >= 15 is 0 Å². The fourth-order valence-electron chi connectivity index (χ4n) is 3.40. The number of hydrogen-bond acceptors (Lipinski definition) is 3. The summed E-state index contributed by atoms with van der Waals surface area (Å²) >= 11 is 0. The molecule has 0 aliphatic carbocycles. The van der Waals surface area contributed by atoms with Crippen LogP contribution in [-0.4, -0.2) is 35.7 Å². The van der Waals surface area contributed by atoms with Gasteiger partial charge in [0.05, 0.1) is 5.69 Å². The first kappa shape index (κ1) is 16.6. The largest absolute Gasteiger partial charge is 0.361 e. The summed E-state index contributed by atoms with van der Waals surface area (Å²) in [6, 6.07) is 10.5. The molecule has 1 N–H and O–H groups in total. The van der Waals surface area contributed by atoms with E-state index in [4.69, 9.17) is 4.52 Å². The lowest BCUT2D eigenvalue weighted by Crippen LogP contribution is -2.39. The third kappa shape index (κ3) is 3.96. The van der Waals surface area contributed by atoms with Gasteiger partial charge in [0.15, 0.2) is 0 Å². The van der Waals surface area contributed by atoms with Crippen LogP contribution in [0.3, 0.4) is 0 Å². The van der Waals surface area contributed by atoms with E-state index in [-0.39, 0.29) is 6.03 Å². The Bertz CT molecular complexity index is 662. The van der Waals surface area contributed by atoms with Crippen LogP contribution in [0.25, 0.3) is 0 Å². The first-order chi connectivity index (χ1) is 11.6. The average Bonchev–Trinajstić information content (AvgIpc) is 3.17. The number of benzene rings is 1. The minimum atomic E-state index is 0.0392. The molecule has 2 aromatic rings. The number of carbonyl (C=O) groups is 1. The molecule has 0 bridgehead atoms. The zero-order valence-electron chi connectivity index (χ0n) is 14.4. The summed E-state index contributed by atoms with van der Waals surface area (Å²) in [6.45, 7) is 6.14. The highest BCUT2D eigenvalue weighted by Gasteiger charge is 2.26. The molecule has 0 spiro atoms. The van der Waals surface area contributed by atoms with Crippen LogP contribution >= 0.6 is 0 Å². The maximum Gasteiger partial charge on any atom is 0.317 e. The van der Waals surface area contributed by atoms with Crippen molar-refractivity contribution < 1.29 is 9.32 Å². The van der Waals surface area contributed by atoms with Crippen LogP contribution in [-0.2, 0) is 12.8 Å². The molecule has 2 heterocycles. The number of amides is 2. The van der Waals surface area contributed by atoms with Crippen molar-refractivity contribution in [3.8, 4) is 0 Å². The van der Waals surface area contributed by atoms with Gasteiger partial charge in [-0.25, -0.2) is 4.79 Å². The Hall–Kier alpha value is -2.30. The quantitative estimate of drug-likeness (QED) is 0.918. The number of urea groups is 1. The summed E-state index contributed by atoms with van der Waals surface area (Å²) in [5, 5.41) is 6.96. The Morgan fingerprint density at radius 1 is 1.33 bits per heavy atom. The highest BCUT2D eigenvalue weighted by Crippen LogP contribution is 2.20. The molecule has 0 radical (unpaired) electrons. The number of aryl methyl sites for hydroxylation is 2. The Kier molecular flexibility index (Phi) is 5.18. The number of aromatic nitrogens is 1. The molecule has 1 aromatic heterocycles. The number of nitrogens with zero attached hydrogens (tertiary/aromatic N) is 2. The van der Waals surface area contributed by atoms with Gasteiger partial charge in [-0.05, 0) is 44.6 Å². The summed E-state index contributed by atoms with van der Waals surface area (Å²) in [6.07, 6.45) is 2.88. The predicted octanol–water partition coefficient (Wildman–Crippen LogP) is 3.11. The predicted molar refractivity (Wildman–Crippen MR) is 92.9 cm³/mol. The molecule has 5 nitrogen and oxygen atoms in total. The summed E-state index contributed by atoms with van der Waals surface area (Å²) in [4.78, 5) is 14.2. The smallest absolute Gasteiger partial charge is 0.317 e. The zero-order valence-corrected chi connectivity index (χ0v) is 14.4. The van der Waals surface area contributed by atoms with Gasteiger partial charge >= 0.3 is 6.03 Å². The number of nitrogens with one attached hydrogen (secondary N) is 1. The fourth-order valence-corrected chi connectivity index (χ4v) is 3.40. The minimum Gasteiger partial charge on any atom is -0.361 e. The Labute approximate surface area is 143 Å². The van der Waals surface area contributed by atoms with Gasteiger partial charge in [0.25, 0.3) is 0 Å². The van der Waals surface area contributed by atoms with Crippen LogP contribution < -0.4 is 5.32 Å². The standard InChI is InChI=1S/C19H25N3O2/c1-14-18(15(2)24-21-14)8-10-20-19(23)22-11-9-17(13-22)12-16-6-4-3-5-7-16/h3-7,17H,8-13H2,1-2H3,(H,20,23). The molecule has 1 saturated heterocycles. The zero-order chi connectivity index (χ0) is 16.9. The second-order valence-electron chi connectivity index (χ2n) is 6.58. The minimum absolute atomic E-state index is 0.0392. The van der Waals surface area contributed by atoms with Gasteiger partial charge in [-0.3, -0.25) is 0 Å². The van der Waals surface area contributed by atoms with Crippen LogP contribution in [0.5, 0.6) is 0 Å². The molecule has 3 rings (SSSR count). The molecule has 5 heteroatoms. The molecule has 1 aliphatic rings. The second-order valence-corrected chi connectivity index (χ2v) is 6.58. The van der Waals surface area contributed by atoms with Crippen molar-refractivity contribution in [2.24, 2.45) is 5.92 Å².